The van der Waals surface area contributed by atoms with Crippen LogP contribution in [0.3, 0.4) is 0 Å². The highest BCUT2D eigenvalue weighted by Gasteiger charge is 2.20. The number of nitrogens with one attached hydrogen (secondary N) is 1. The second-order valence-electron chi connectivity index (χ2n) is 6.34. The first-order chi connectivity index (χ1) is 13.3. The van der Waals surface area contributed by atoms with E-state index in [1.165, 1.54) is 12.7 Å². The molecule has 2 rings (SSSR count). The summed E-state index contributed by atoms with van der Waals surface area (Å²) >= 11 is 0. The van der Waals surface area contributed by atoms with E-state index in [0.717, 1.165) is 22.7 Å². The van der Waals surface area contributed by atoms with Gasteiger partial charge in [-0.2, -0.15) is 5.10 Å². The molecule has 1 amide bonds. The fraction of sp³-hybridized carbons (Fsp3) is 0.300. The molecule has 0 bridgehead atoms. The zero-order valence-corrected chi connectivity index (χ0v) is 17.1. The summed E-state index contributed by atoms with van der Waals surface area (Å²) in [5, 5.41) is 4.07. The summed E-state index contributed by atoms with van der Waals surface area (Å²) in [6.07, 6.45) is 2.56. The molecule has 0 saturated heterocycles. The molecular weight excluding hydrogens is 378 g/mol. The number of rotatable bonds is 9. The lowest BCUT2D eigenvalue weighted by atomic mass is 10.1. The maximum atomic E-state index is 12.2. The van der Waals surface area contributed by atoms with E-state index in [-0.39, 0.29) is 6.54 Å². The summed E-state index contributed by atoms with van der Waals surface area (Å²) in [7, 11) is -2.11. The molecule has 0 aliphatic heterocycles. The smallest absolute Gasteiger partial charge is 0.260 e. The number of carbonyl (C=O) groups is 1. The SMILES string of the molecule is COc1ccc(N(CC(=O)N/N=C(\C)CCc2ccccc2)S(C)(=O)=O)cc1. The van der Waals surface area contributed by atoms with Crippen molar-refractivity contribution < 1.29 is 17.9 Å². The van der Waals surface area contributed by atoms with Crippen LogP contribution >= 0.6 is 0 Å². The Kier molecular flexibility index (Phi) is 7.57. The van der Waals surface area contributed by atoms with Gasteiger partial charge in [0.2, 0.25) is 10.0 Å². The zero-order valence-electron chi connectivity index (χ0n) is 16.3. The fourth-order valence-corrected chi connectivity index (χ4v) is 3.35. The molecule has 0 aliphatic carbocycles. The average molecular weight is 404 g/mol. The van der Waals surface area contributed by atoms with Gasteiger partial charge in [-0.25, -0.2) is 13.8 Å². The number of methoxy groups -OCH3 is 1. The van der Waals surface area contributed by atoms with Crippen LogP contribution in [0.25, 0.3) is 0 Å². The van der Waals surface area contributed by atoms with Crippen molar-refractivity contribution in [1.29, 1.82) is 0 Å². The summed E-state index contributed by atoms with van der Waals surface area (Å²) < 4.78 is 30.3. The second kappa shape index (κ2) is 9.89. The Morgan fingerprint density at radius 2 is 1.75 bits per heavy atom. The topological polar surface area (TPSA) is 88.1 Å². The van der Waals surface area contributed by atoms with E-state index in [1.807, 2.05) is 37.3 Å². The van der Waals surface area contributed by atoms with Gasteiger partial charge in [-0.05, 0) is 49.6 Å². The van der Waals surface area contributed by atoms with Gasteiger partial charge in [-0.3, -0.25) is 9.10 Å². The molecule has 28 heavy (non-hydrogen) atoms. The van der Waals surface area contributed by atoms with Crippen LogP contribution in [0, 0.1) is 0 Å². The van der Waals surface area contributed by atoms with Crippen LogP contribution in [-0.4, -0.2) is 39.9 Å². The normalized spacial score (nSPS) is 11.8. The monoisotopic (exact) mass is 403 g/mol. The largest absolute Gasteiger partial charge is 0.497 e. The number of sulfonamides is 1. The number of hydrogen-bond donors (Lipinski definition) is 1. The third-order valence-corrected chi connectivity index (χ3v) is 5.18. The van der Waals surface area contributed by atoms with Crippen molar-refractivity contribution in [3.05, 3.63) is 60.2 Å². The molecule has 0 saturated carbocycles. The molecule has 1 N–H and O–H groups in total. The van der Waals surface area contributed by atoms with Crippen molar-refractivity contribution >= 4 is 27.3 Å². The Labute approximate surface area is 166 Å². The molecule has 0 atom stereocenters. The quantitative estimate of drug-likeness (QED) is 0.515. The van der Waals surface area contributed by atoms with Gasteiger partial charge in [0, 0.05) is 5.71 Å². The number of ether oxygens (including phenoxy) is 1. The summed E-state index contributed by atoms with van der Waals surface area (Å²) in [6, 6.07) is 16.4. The van der Waals surface area contributed by atoms with Gasteiger partial charge in [-0.15, -0.1) is 0 Å². The third-order valence-electron chi connectivity index (χ3n) is 4.04. The Hall–Kier alpha value is -2.87. The maximum absolute atomic E-state index is 12.2. The van der Waals surface area contributed by atoms with Crippen LogP contribution in [0.2, 0.25) is 0 Å². The van der Waals surface area contributed by atoms with Gasteiger partial charge >= 0.3 is 0 Å². The molecule has 0 aliphatic rings. The minimum atomic E-state index is -3.63. The molecule has 7 nitrogen and oxygen atoms in total. The molecule has 0 fully saturated rings. The average Bonchev–Trinajstić information content (AvgIpc) is 2.69. The first-order valence-electron chi connectivity index (χ1n) is 8.77. The molecule has 0 unspecified atom stereocenters. The predicted molar refractivity (Wildman–Crippen MR) is 111 cm³/mol. The summed E-state index contributed by atoms with van der Waals surface area (Å²) in [6.45, 7) is 1.46. The van der Waals surface area contributed by atoms with Crippen LogP contribution in [0.15, 0.2) is 59.7 Å². The number of carbonyl (C=O) groups excluding carboxylic acids is 1. The Bertz CT molecular complexity index is 910. The van der Waals surface area contributed by atoms with Crippen LogP contribution in [0.1, 0.15) is 18.9 Å². The number of hydrazone groups is 1. The lowest BCUT2D eigenvalue weighted by molar-refractivity contribution is -0.119. The summed E-state index contributed by atoms with van der Waals surface area (Å²) in [4.78, 5) is 12.2. The van der Waals surface area contributed by atoms with Gasteiger partial charge < -0.3 is 4.74 Å². The van der Waals surface area contributed by atoms with Crippen molar-refractivity contribution in [3.63, 3.8) is 0 Å². The van der Waals surface area contributed by atoms with Crippen LogP contribution < -0.4 is 14.5 Å². The minimum absolute atomic E-state index is 0.360. The van der Waals surface area contributed by atoms with Gasteiger partial charge in [0.25, 0.3) is 5.91 Å². The van der Waals surface area contributed by atoms with Crippen molar-refractivity contribution in [2.24, 2.45) is 5.10 Å². The molecular formula is C20H25N3O4S. The number of benzene rings is 2. The van der Waals surface area contributed by atoms with Crippen LogP contribution in [0.4, 0.5) is 5.69 Å². The van der Waals surface area contributed by atoms with Crippen molar-refractivity contribution in [2.45, 2.75) is 19.8 Å². The van der Waals surface area contributed by atoms with Crippen LogP contribution in [0.5, 0.6) is 5.75 Å². The Morgan fingerprint density at radius 1 is 1.11 bits per heavy atom. The van der Waals surface area contributed by atoms with E-state index in [4.69, 9.17) is 4.74 Å². The highest BCUT2D eigenvalue weighted by molar-refractivity contribution is 7.92. The van der Waals surface area contributed by atoms with Gasteiger partial charge in [-0.1, -0.05) is 30.3 Å². The van der Waals surface area contributed by atoms with Crippen molar-refractivity contribution in [3.8, 4) is 5.75 Å². The third kappa shape index (κ3) is 6.70. The molecule has 8 heteroatoms. The molecule has 2 aromatic carbocycles. The first kappa shape index (κ1) is 21.4. The number of amides is 1. The minimum Gasteiger partial charge on any atom is -0.497 e. The lowest BCUT2D eigenvalue weighted by Crippen LogP contribution is -2.39. The number of anilines is 1. The Balaban J connectivity index is 1.97. The molecule has 0 heterocycles. The summed E-state index contributed by atoms with van der Waals surface area (Å²) in [5.41, 5.74) is 4.75. The standard InChI is InChI=1S/C20H25N3O4S/c1-16(9-10-17-7-5-4-6-8-17)21-22-20(24)15-23(28(3,25)26)18-11-13-19(27-2)14-12-18/h4-8,11-14H,9-10,15H2,1-3H3,(H,22,24)/b21-16+. The number of nitrogens with zero attached hydrogens (tertiary/aromatic N) is 2. The van der Waals surface area contributed by atoms with Crippen LogP contribution in [-0.2, 0) is 21.2 Å². The predicted octanol–water partition coefficient (Wildman–Crippen LogP) is 2.59. The molecule has 150 valence electrons. The highest BCUT2D eigenvalue weighted by Crippen LogP contribution is 2.21. The van der Waals surface area contributed by atoms with E-state index < -0.39 is 15.9 Å². The van der Waals surface area contributed by atoms with Gasteiger partial charge in [0.05, 0.1) is 19.1 Å². The maximum Gasteiger partial charge on any atom is 0.260 e. The summed E-state index contributed by atoms with van der Waals surface area (Å²) in [5.74, 6) is 0.0839. The van der Waals surface area contributed by atoms with Gasteiger partial charge in [0.1, 0.15) is 12.3 Å². The molecule has 0 aromatic heterocycles. The second-order valence-corrected chi connectivity index (χ2v) is 8.24. The highest BCUT2D eigenvalue weighted by atomic mass is 32.2. The lowest BCUT2D eigenvalue weighted by Gasteiger charge is -2.21. The van der Waals surface area contributed by atoms with E-state index in [9.17, 15) is 13.2 Å². The number of hydrogen-bond acceptors (Lipinski definition) is 5. The molecule has 2 aromatic rings. The van der Waals surface area contributed by atoms with Crippen molar-refractivity contribution in [2.75, 3.05) is 24.2 Å². The zero-order chi connectivity index (χ0) is 20.6. The van der Waals surface area contributed by atoms with E-state index in [2.05, 4.69) is 10.5 Å². The Morgan fingerprint density at radius 3 is 2.32 bits per heavy atom. The van der Waals surface area contributed by atoms with Gasteiger partial charge in [0.15, 0.2) is 0 Å². The van der Waals surface area contributed by atoms with E-state index >= 15 is 0 Å². The fourth-order valence-electron chi connectivity index (χ4n) is 2.50. The molecule has 0 spiro atoms. The molecule has 0 radical (unpaired) electrons. The van der Waals surface area contributed by atoms with E-state index in [0.29, 0.717) is 17.9 Å². The van der Waals surface area contributed by atoms with E-state index in [1.54, 1.807) is 24.3 Å². The van der Waals surface area contributed by atoms with Crippen molar-refractivity contribution in [1.82, 2.24) is 5.43 Å². The number of aryl methyl sites for hydroxylation is 1. The first-order valence-corrected chi connectivity index (χ1v) is 10.6.